The lowest BCUT2D eigenvalue weighted by Gasteiger charge is -2.42. The van der Waals surface area contributed by atoms with Crippen LogP contribution in [0.4, 0.5) is 29.5 Å². The number of amides is 4. The summed E-state index contributed by atoms with van der Waals surface area (Å²) in [5, 5.41) is 14.9. The summed E-state index contributed by atoms with van der Waals surface area (Å²) in [6, 6.07) is 10.5. The molecule has 4 aromatic rings. The molecule has 1 unspecified atom stereocenters. The molecule has 2 aromatic heterocycles. The first-order chi connectivity index (χ1) is 31.9. The molecule has 0 radical (unpaired) electrons. The minimum Gasteiger partial charge on any atom is -0.453 e. The second kappa shape index (κ2) is 20.5. The number of ether oxygens (including phenoxy) is 4. The highest BCUT2D eigenvalue weighted by Crippen LogP contribution is 2.41. The number of halogens is 4. The van der Waals surface area contributed by atoms with E-state index in [4.69, 9.17) is 25.8 Å². The van der Waals surface area contributed by atoms with E-state index in [0.717, 1.165) is 6.07 Å². The van der Waals surface area contributed by atoms with Gasteiger partial charge >= 0.3 is 12.5 Å². The fraction of sp³-hybridized carbons (Fsp3) is 0.478. The summed E-state index contributed by atoms with van der Waals surface area (Å²) < 4.78 is 62.0. The fourth-order valence-corrected chi connectivity index (χ4v) is 8.91. The molecule has 360 valence electrons. The van der Waals surface area contributed by atoms with E-state index in [1.807, 2.05) is 11.8 Å². The minimum atomic E-state index is -5.08. The van der Waals surface area contributed by atoms with E-state index in [1.165, 1.54) is 25.4 Å². The van der Waals surface area contributed by atoms with Crippen molar-refractivity contribution in [3.05, 3.63) is 77.3 Å². The van der Waals surface area contributed by atoms with Crippen molar-refractivity contribution in [3.8, 4) is 28.1 Å². The van der Waals surface area contributed by atoms with Gasteiger partial charge in [-0.05, 0) is 68.9 Å². The van der Waals surface area contributed by atoms with E-state index in [9.17, 15) is 37.5 Å². The number of nitrogens with one attached hydrogen (secondary N) is 3. The van der Waals surface area contributed by atoms with E-state index in [0.29, 0.717) is 80.6 Å². The summed E-state index contributed by atoms with van der Waals surface area (Å²) in [5.41, 5.74) is 0.623. The van der Waals surface area contributed by atoms with Gasteiger partial charge in [0.15, 0.2) is 0 Å². The van der Waals surface area contributed by atoms with Crippen LogP contribution >= 0.6 is 11.6 Å². The maximum Gasteiger partial charge on any atom is 0.573 e. The fourth-order valence-electron chi connectivity index (χ4n) is 8.69. The second-order valence-electron chi connectivity index (χ2n) is 17.5. The van der Waals surface area contributed by atoms with E-state index in [-0.39, 0.29) is 64.9 Å². The molecule has 4 N–H and O–H groups in total. The number of aromatic amines is 1. The summed E-state index contributed by atoms with van der Waals surface area (Å²) in [6.45, 7) is 7.54. The number of alkyl halides is 3. The third-order valence-corrected chi connectivity index (χ3v) is 12.8. The highest BCUT2D eigenvalue weighted by Gasteiger charge is 2.43. The smallest absolute Gasteiger partial charge is 0.453 e. The Balaban J connectivity index is 1.06. The number of benzene rings is 2. The lowest BCUT2D eigenvalue weighted by Crippen LogP contribution is -2.56. The zero-order valence-corrected chi connectivity index (χ0v) is 38.4. The van der Waals surface area contributed by atoms with Gasteiger partial charge < -0.3 is 54.4 Å². The first kappa shape index (κ1) is 49.0. The van der Waals surface area contributed by atoms with Crippen LogP contribution in [0, 0.1) is 11.3 Å². The molecule has 3 fully saturated rings. The van der Waals surface area contributed by atoms with Gasteiger partial charge in [-0.25, -0.2) is 14.8 Å². The summed E-state index contributed by atoms with van der Waals surface area (Å²) in [7, 11) is 2.80. The third-order valence-electron chi connectivity index (χ3n) is 12.5. The molecule has 3 aliphatic rings. The number of aliphatic hydroxyl groups excluding tert-OH is 1. The molecule has 4 atom stereocenters. The Morgan fingerprint density at radius 2 is 1.70 bits per heavy atom. The highest BCUT2D eigenvalue weighted by molar-refractivity contribution is 6.34. The van der Waals surface area contributed by atoms with Gasteiger partial charge in [0, 0.05) is 76.8 Å². The maximum atomic E-state index is 14.2. The molecule has 0 aliphatic carbocycles. The number of alkyl carbamates (subject to hydrolysis) is 1. The molecule has 21 heteroatoms. The van der Waals surface area contributed by atoms with Crippen molar-refractivity contribution < 1.29 is 56.4 Å². The van der Waals surface area contributed by atoms with Crippen molar-refractivity contribution in [2.24, 2.45) is 11.3 Å². The van der Waals surface area contributed by atoms with Crippen LogP contribution in [0.15, 0.2) is 60.9 Å². The first-order valence-corrected chi connectivity index (χ1v) is 22.2. The molecule has 5 heterocycles. The van der Waals surface area contributed by atoms with Gasteiger partial charge in [-0.2, -0.15) is 0 Å². The zero-order valence-electron chi connectivity index (χ0n) is 37.7. The van der Waals surface area contributed by atoms with Crippen LogP contribution in [0.25, 0.3) is 22.4 Å². The normalized spacial score (nSPS) is 19.8. The topological polar surface area (TPSA) is 201 Å². The lowest BCUT2D eigenvalue weighted by molar-refractivity contribution is -0.274. The van der Waals surface area contributed by atoms with E-state index in [2.05, 4.69) is 30.3 Å². The standard InChI is InChI=1S/C46H54ClF3N8O9/c1-26-23-56(43(62)45(2,3)25-59)14-15-57(26)38-11-10-30(21-51-38)41(60)54-34-20-37(67-46(48,49)50)32(19-33(34)47)27-6-8-28(9-7-27)35-22-52-40(53-35)36-18-31(64-4)24-58(36)42(61)39(55-44(63)65-5)29-12-16-66-17-13-29/h6-11,19-22,26,29,31,36,39,59H,12-18,23-25H2,1-5H3,(H,52,53)(H,54,60)(H,55,63)/t26-,31+,36+,39?/m1/s1. The molecule has 3 saturated heterocycles. The average Bonchev–Trinajstić information content (AvgIpc) is 3.99. The number of carbonyl (C=O) groups is 4. The Hall–Kier alpha value is -5.96. The number of hydrogen-bond acceptors (Lipinski definition) is 12. The largest absolute Gasteiger partial charge is 0.573 e. The molecule has 0 bridgehead atoms. The van der Waals surface area contributed by atoms with E-state index < -0.39 is 41.6 Å². The molecule has 7 rings (SSSR count). The van der Waals surface area contributed by atoms with Crippen molar-refractivity contribution in [1.29, 1.82) is 0 Å². The Morgan fingerprint density at radius 1 is 0.985 bits per heavy atom. The van der Waals surface area contributed by atoms with Gasteiger partial charge in [0.25, 0.3) is 5.91 Å². The molecule has 2 aromatic carbocycles. The number of hydrogen-bond donors (Lipinski definition) is 4. The van der Waals surface area contributed by atoms with Gasteiger partial charge in [0.05, 0.1) is 59.4 Å². The Kier molecular flexibility index (Phi) is 15.0. The number of methoxy groups -OCH3 is 2. The number of likely N-dealkylation sites (tertiary alicyclic amines) is 1. The van der Waals surface area contributed by atoms with Gasteiger partial charge in [-0.3, -0.25) is 14.4 Å². The van der Waals surface area contributed by atoms with Crippen LogP contribution < -0.4 is 20.3 Å². The molecule has 0 saturated carbocycles. The van der Waals surface area contributed by atoms with Crippen LogP contribution in [-0.2, 0) is 23.8 Å². The Bertz CT molecular complexity index is 2410. The predicted molar refractivity (Wildman–Crippen MR) is 240 cm³/mol. The number of carbonyl (C=O) groups excluding carboxylic acids is 4. The van der Waals surface area contributed by atoms with E-state index in [1.54, 1.807) is 67.3 Å². The quantitative estimate of drug-likeness (QED) is 0.115. The summed E-state index contributed by atoms with van der Waals surface area (Å²) in [5.74, 6) is -0.845. The third kappa shape index (κ3) is 11.3. The number of aromatic nitrogens is 3. The molecule has 67 heavy (non-hydrogen) atoms. The second-order valence-corrected chi connectivity index (χ2v) is 17.9. The number of aliphatic hydroxyl groups is 1. The van der Waals surface area contributed by atoms with Crippen LogP contribution in [0.5, 0.6) is 5.75 Å². The van der Waals surface area contributed by atoms with Crippen molar-refractivity contribution in [1.82, 2.24) is 30.1 Å². The number of imidazole rings is 1. The molecule has 3 aliphatic heterocycles. The number of pyridine rings is 1. The number of nitrogens with zero attached hydrogens (tertiary/aromatic N) is 5. The SMILES string of the molecule is COC(=O)NC(C(=O)N1C[C@@H](OC)C[C@H]1c1ncc(-c2ccc(-c3cc(Cl)c(NC(=O)c4ccc(N5CCN(C(=O)C(C)(C)CO)C[C@H]5C)nc4)cc3OC(F)(F)F)cc2)[nH]1)C1CCOCC1. The molecule has 0 spiro atoms. The molecular weight excluding hydrogens is 901 g/mol. The monoisotopic (exact) mass is 954 g/mol. The van der Waals surface area contributed by atoms with Crippen LogP contribution in [0.1, 0.15) is 62.3 Å². The number of piperazine rings is 1. The van der Waals surface area contributed by atoms with Gasteiger partial charge in [0.2, 0.25) is 11.8 Å². The summed E-state index contributed by atoms with van der Waals surface area (Å²) in [6.07, 6.45) is -1.57. The predicted octanol–water partition coefficient (Wildman–Crippen LogP) is 6.44. The van der Waals surface area contributed by atoms with Crippen LogP contribution in [0.3, 0.4) is 0 Å². The Morgan fingerprint density at radius 3 is 2.33 bits per heavy atom. The Labute approximate surface area is 390 Å². The van der Waals surface area contributed by atoms with E-state index >= 15 is 0 Å². The molecule has 17 nitrogen and oxygen atoms in total. The summed E-state index contributed by atoms with van der Waals surface area (Å²) >= 11 is 6.61. The number of rotatable bonds is 13. The van der Waals surface area contributed by atoms with Crippen molar-refractivity contribution in [3.63, 3.8) is 0 Å². The van der Waals surface area contributed by atoms with Crippen LogP contribution in [0.2, 0.25) is 5.02 Å². The van der Waals surface area contributed by atoms with Crippen molar-refractivity contribution in [2.45, 2.75) is 70.6 Å². The molecular formula is C46H54ClF3N8O9. The van der Waals surface area contributed by atoms with Crippen LogP contribution in [-0.4, -0.2) is 138 Å². The number of anilines is 2. The maximum absolute atomic E-state index is 14.2. The van der Waals surface area contributed by atoms with Crippen molar-refractivity contribution >= 4 is 46.9 Å². The molecule has 4 amide bonds. The highest BCUT2D eigenvalue weighted by atomic mass is 35.5. The van der Waals surface area contributed by atoms with Crippen molar-refractivity contribution in [2.75, 3.05) is 70.4 Å². The zero-order chi connectivity index (χ0) is 48.2. The lowest BCUT2D eigenvalue weighted by atomic mass is 9.90. The minimum absolute atomic E-state index is 0.00407. The van der Waals surface area contributed by atoms with Gasteiger partial charge in [-0.15, -0.1) is 13.2 Å². The van der Waals surface area contributed by atoms with Gasteiger partial charge in [-0.1, -0.05) is 35.9 Å². The van der Waals surface area contributed by atoms with Gasteiger partial charge in [0.1, 0.15) is 23.4 Å². The average molecular weight is 955 g/mol. The number of H-pyrrole nitrogens is 1. The summed E-state index contributed by atoms with van der Waals surface area (Å²) in [4.78, 5) is 70.6. The first-order valence-electron chi connectivity index (χ1n) is 21.8.